The van der Waals surface area contributed by atoms with Gasteiger partial charge >= 0.3 is 0 Å². The van der Waals surface area contributed by atoms with Crippen LogP contribution in [0, 0.1) is 18.8 Å². The number of hydrogen-bond donors (Lipinski definition) is 2. The molecule has 3 heteroatoms. The maximum absolute atomic E-state index is 12.3. The first-order valence-electron chi connectivity index (χ1n) is 6.37. The number of hydrogen-bond acceptors (Lipinski definition) is 2. The fraction of sp³-hybridized carbons (Fsp3) is 0.118. The second-order valence-electron chi connectivity index (χ2n) is 4.30. The molecular formula is C17H16N2O. The van der Waals surface area contributed by atoms with Crippen LogP contribution in [-0.4, -0.2) is 12.5 Å². The molecule has 2 aromatic carbocycles. The minimum absolute atomic E-state index is 0.134. The molecule has 0 aliphatic rings. The highest BCUT2D eigenvalue weighted by Crippen LogP contribution is 2.15. The van der Waals surface area contributed by atoms with Crippen LogP contribution in [0.15, 0.2) is 48.5 Å². The number of benzene rings is 2. The fourth-order valence-corrected chi connectivity index (χ4v) is 1.88. The van der Waals surface area contributed by atoms with Crippen molar-refractivity contribution in [3.8, 4) is 11.8 Å². The van der Waals surface area contributed by atoms with Gasteiger partial charge in [-0.3, -0.25) is 4.79 Å². The summed E-state index contributed by atoms with van der Waals surface area (Å²) in [5, 5.41) is 2.87. The summed E-state index contributed by atoms with van der Waals surface area (Å²) in [6.07, 6.45) is 0. The third-order valence-electron chi connectivity index (χ3n) is 2.94. The first-order chi connectivity index (χ1) is 9.72. The summed E-state index contributed by atoms with van der Waals surface area (Å²) in [5.74, 6) is 5.65. The molecule has 0 radical (unpaired) electrons. The van der Waals surface area contributed by atoms with Crippen molar-refractivity contribution in [2.24, 2.45) is 5.73 Å². The van der Waals surface area contributed by atoms with Crippen LogP contribution < -0.4 is 11.1 Å². The Bertz CT molecular complexity index is 666. The van der Waals surface area contributed by atoms with Crippen molar-refractivity contribution in [2.45, 2.75) is 6.92 Å². The number of carbonyl (C=O) groups excluding carboxylic acids is 1. The lowest BCUT2D eigenvalue weighted by Crippen LogP contribution is -2.13. The normalized spacial score (nSPS) is 9.50. The van der Waals surface area contributed by atoms with E-state index < -0.39 is 0 Å². The molecule has 3 nitrogen and oxygen atoms in total. The Morgan fingerprint density at radius 1 is 1.15 bits per heavy atom. The molecule has 2 aromatic rings. The first kappa shape index (κ1) is 13.9. The lowest BCUT2D eigenvalue weighted by Gasteiger charge is -2.09. The fourth-order valence-electron chi connectivity index (χ4n) is 1.88. The maximum atomic E-state index is 12.3. The van der Waals surface area contributed by atoms with E-state index in [0.29, 0.717) is 12.1 Å². The molecule has 3 N–H and O–H groups in total. The van der Waals surface area contributed by atoms with Crippen molar-refractivity contribution in [3.63, 3.8) is 0 Å². The van der Waals surface area contributed by atoms with Gasteiger partial charge in [0, 0.05) is 16.8 Å². The minimum Gasteiger partial charge on any atom is -0.322 e. The summed E-state index contributed by atoms with van der Waals surface area (Å²) < 4.78 is 0. The predicted octanol–water partition coefficient (Wildman–Crippen LogP) is 2.56. The summed E-state index contributed by atoms with van der Waals surface area (Å²) >= 11 is 0. The number of amides is 1. The van der Waals surface area contributed by atoms with Crippen LogP contribution in [0.5, 0.6) is 0 Å². The highest BCUT2D eigenvalue weighted by atomic mass is 16.1. The Kier molecular flexibility index (Phi) is 4.54. The number of anilines is 1. The van der Waals surface area contributed by atoms with Crippen molar-refractivity contribution in [1.82, 2.24) is 0 Å². The van der Waals surface area contributed by atoms with Gasteiger partial charge in [-0.05, 0) is 36.8 Å². The van der Waals surface area contributed by atoms with Gasteiger partial charge in [0.15, 0.2) is 0 Å². The number of nitrogens with two attached hydrogens (primary N) is 1. The molecule has 1 amide bonds. The van der Waals surface area contributed by atoms with Crippen LogP contribution in [-0.2, 0) is 0 Å². The summed E-state index contributed by atoms with van der Waals surface area (Å²) in [6, 6.07) is 14.9. The second kappa shape index (κ2) is 6.55. The molecule has 2 rings (SSSR count). The lowest BCUT2D eigenvalue weighted by atomic mass is 10.0. The Morgan fingerprint density at radius 3 is 2.60 bits per heavy atom. The van der Waals surface area contributed by atoms with Crippen LogP contribution in [0.1, 0.15) is 21.5 Å². The van der Waals surface area contributed by atoms with Gasteiger partial charge in [0.2, 0.25) is 0 Å². The molecule has 0 bridgehead atoms. The molecule has 0 spiro atoms. The Morgan fingerprint density at radius 2 is 1.90 bits per heavy atom. The van der Waals surface area contributed by atoms with Gasteiger partial charge < -0.3 is 11.1 Å². The summed E-state index contributed by atoms with van der Waals surface area (Å²) in [5.41, 5.74) is 8.46. The van der Waals surface area contributed by atoms with Gasteiger partial charge in [0.1, 0.15) is 0 Å². The van der Waals surface area contributed by atoms with E-state index in [1.54, 1.807) is 6.07 Å². The van der Waals surface area contributed by atoms with Gasteiger partial charge in [0.05, 0.1) is 6.54 Å². The van der Waals surface area contributed by atoms with E-state index >= 15 is 0 Å². The summed E-state index contributed by atoms with van der Waals surface area (Å²) in [4.78, 5) is 12.3. The van der Waals surface area contributed by atoms with Crippen molar-refractivity contribution >= 4 is 11.6 Å². The topological polar surface area (TPSA) is 55.1 Å². The molecule has 0 aliphatic heterocycles. The molecule has 20 heavy (non-hydrogen) atoms. The predicted molar refractivity (Wildman–Crippen MR) is 81.5 cm³/mol. The molecule has 0 saturated carbocycles. The Labute approximate surface area is 118 Å². The number of para-hydroxylation sites is 1. The highest BCUT2D eigenvalue weighted by Gasteiger charge is 2.10. The van der Waals surface area contributed by atoms with Crippen LogP contribution in [0.4, 0.5) is 5.69 Å². The molecule has 0 unspecified atom stereocenters. The van der Waals surface area contributed by atoms with E-state index in [1.165, 1.54) is 0 Å². The van der Waals surface area contributed by atoms with Gasteiger partial charge in [0.25, 0.3) is 5.91 Å². The van der Waals surface area contributed by atoms with Crippen molar-refractivity contribution in [2.75, 3.05) is 11.9 Å². The van der Waals surface area contributed by atoms with Crippen molar-refractivity contribution in [1.29, 1.82) is 0 Å². The number of carbonyl (C=O) groups is 1. The largest absolute Gasteiger partial charge is 0.322 e. The molecule has 0 heterocycles. The van der Waals surface area contributed by atoms with Crippen LogP contribution in [0.3, 0.4) is 0 Å². The lowest BCUT2D eigenvalue weighted by molar-refractivity contribution is 0.102. The third kappa shape index (κ3) is 3.25. The van der Waals surface area contributed by atoms with Crippen molar-refractivity contribution in [3.05, 3.63) is 65.2 Å². The van der Waals surface area contributed by atoms with E-state index in [2.05, 4.69) is 17.2 Å². The average molecular weight is 264 g/mol. The number of rotatable bonds is 2. The molecule has 0 atom stereocenters. The second-order valence-corrected chi connectivity index (χ2v) is 4.30. The van der Waals surface area contributed by atoms with Gasteiger partial charge in [-0.1, -0.05) is 36.1 Å². The molecule has 0 aromatic heterocycles. The smallest absolute Gasteiger partial charge is 0.255 e. The molecule has 0 fully saturated rings. The summed E-state index contributed by atoms with van der Waals surface area (Å²) in [7, 11) is 0. The molecular weight excluding hydrogens is 248 g/mol. The maximum Gasteiger partial charge on any atom is 0.255 e. The highest BCUT2D eigenvalue weighted by molar-refractivity contribution is 6.05. The van der Waals surface area contributed by atoms with E-state index in [9.17, 15) is 4.79 Å². The standard InChI is InChI=1S/C17H16N2O/c1-13-14(8-6-12-18)7-5-11-16(13)17(20)19-15-9-3-2-4-10-15/h2-5,7,9-11H,12,18H2,1H3,(H,19,20). The molecule has 0 saturated heterocycles. The van der Waals surface area contributed by atoms with Gasteiger partial charge in [-0.2, -0.15) is 0 Å². The quantitative estimate of drug-likeness (QED) is 0.819. The van der Waals surface area contributed by atoms with E-state index in [1.807, 2.05) is 49.4 Å². The Hall–Kier alpha value is -2.57. The van der Waals surface area contributed by atoms with Crippen LogP contribution >= 0.6 is 0 Å². The zero-order chi connectivity index (χ0) is 14.4. The molecule has 0 aliphatic carbocycles. The van der Waals surface area contributed by atoms with Crippen LogP contribution in [0.2, 0.25) is 0 Å². The third-order valence-corrected chi connectivity index (χ3v) is 2.94. The number of nitrogens with one attached hydrogen (secondary N) is 1. The van der Waals surface area contributed by atoms with Gasteiger partial charge in [-0.15, -0.1) is 0 Å². The molecule has 100 valence electrons. The zero-order valence-electron chi connectivity index (χ0n) is 11.3. The summed E-state index contributed by atoms with van der Waals surface area (Å²) in [6.45, 7) is 2.19. The average Bonchev–Trinajstić information content (AvgIpc) is 2.47. The SMILES string of the molecule is Cc1c(C#CCN)cccc1C(=O)Nc1ccccc1. The van der Waals surface area contributed by atoms with E-state index in [4.69, 9.17) is 5.73 Å². The van der Waals surface area contributed by atoms with Crippen LogP contribution in [0.25, 0.3) is 0 Å². The zero-order valence-corrected chi connectivity index (χ0v) is 11.3. The van der Waals surface area contributed by atoms with Crippen molar-refractivity contribution < 1.29 is 4.79 Å². The first-order valence-corrected chi connectivity index (χ1v) is 6.37. The van der Waals surface area contributed by atoms with Gasteiger partial charge in [-0.25, -0.2) is 0 Å². The minimum atomic E-state index is -0.134. The van der Waals surface area contributed by atoms with E-state index in [-0.39, 0.29) is 5.91 Å². The monoisotopic (exact) mass is 264 g/mol. The Balaban J connectivity index is 2.26. The van der Waals surface area contributed by atoms with E-state index in [0.717, 1.165) is 16.8 Å².